The van der Waals surface area contributed by atoms with Crippen LogP contribution in [0.2, 0.25) is 0 Å². The molecule has 0 aromatic rings. The van der Waals surface area contributed by atoms with Gasteiger partial charge in [0, 0.05) is 24.2 Å². The highest BCUT2D eigenvalue weighted by Gasteiger charge is 2.70. The summed E-state index contributed by atoms with van der Waals surface area (Å²) in [6.45, 7) is 17.3. The smallest absolute Gasteiger partial charge is 0.304 e. The number of nitrogens with two attached hydrogens (primary N) is 1. The zero-order chi connectivity index (χ0) is 29.0. The molecule has 3 N–H and O–H groups in total. The van der Waals surface area contributed by atoms with Crippen molar-refractivity contribution in [3.63, 3.8) is 0 Å². The number of esters is 1. The number of primary amides is 1. The molecule has 10 atom stereocenters. The van der Waals surface area contributed by atoms with Gasteiger partial charge in [-0.1, -0.05) is 54.0 Å². The highest BCUT2D eigenvalue weighted by Crippen LogP contribution is 2.75. The zero-order valence-electron chi connectivity index (χ0n) is 25.5. The van der Waals surface area contributed by atoms with Gasteiger partial charge in [0.15, 0.2) is 5.78 Å². The van der Waals surface area contributed by atoms with E-state index in [9.17, 15) is 19.5 Å². The molecule has 0 spiro atoms. The minimum atomic E-state index is -1.12. The number of fused-ring (bicyclic) bond motifs is 7. The number of aliphatic hydroxyl groups excluding tert-OH is 1. The number of ketones is 1. The van der Waals surface area contributed by atoms with E-state index in [1.54, 1.807) is 0 Å². The van der Waals surface area contributed by atoms with E-state index < -0.39 is 17.7 Å². The molecule has 0 aliphatic heterocycles. The number of allylic oxidation sites excluding steroid dienone is 2. The van der Waals surface area contributed by atoms with Crippen molar-refractivity contribution in [2.75, 3.05) is 0 Å². The fourth-order valence-corrected chi connectivity index (χ4v) is 11.2. The van der Waals surface area contributed by atoms with E-state index in [4.69, 9.17) is 10.5 Å². The number of ether oxygens (including phenoxy) is 1. The molecule has 5 aliphatic carbocycles. The average molecular weight is 542 g/mol. The van der Waals surface area contributed by atoms with E-state index in [0.29, 0.717) is 0 Å². The summed E-state index contributed by atoms with van der Waals surface area (Å²) in [5, 5.41) is 10.8. The molecule has 0 aromatic heterocycles. The van der Waals surface area contributed by atoms with Crippen molar-refractivity contribution >= 4 is 17.7 Å². The van der Waals surface area contributed by atoms with Gasteiger partial charge in [-0.05, 0) is 103 Å². The first-order valence-corrected chi connectivity index (χ1v) is 15.3. The monoisotopic (exact) mass is 541 g/mol. The number of carbonyl (C=O) groups excluding carboxylic acids is 3. The van der Waals surface area contributed by atoms with Gasteiger partial charge in [0.1, 0.15) is 0 Å². The SMILES string of the molecule is CC(=O)OC(O)[C@H]1CC[C@@]2(C)C(CC[C@]3(C)[C@@H]2C(=O)C=C2[C@@H]4C[C@@](C)(C(N)=O)CC[C@]4(C)CC[C@]23C)C1(C)C. The summed E-state index contributed by atoms with van der Waals surface area (Å²) in [7, 11) is 0. The Hall–Kier alpha value is -1.69. The van der Waals surface area contributed by atoms with E-state index in [0.717, 1.165) is 57.8 Å². The molecule has 39 heavy (non-hydrogen) atoms. The molecule has 4 fully saturated rings. The van der Waals surface area contributed by atoms with Gasteiger partial charge < -0.3 is 15.6 Å². The van der Waals surface area contributed by atoms with E-state index >= 15 is 0 Å². The number of carbonyl (C=O) groups is 3. The summed E-state index contributed by atoms with van der Waals surface area (Å²) in [5.74, 6) is -0.256. The first-order chi connectivity index (χ1) is 17.9. The zero-order valence-corrected chi connectivity index (χ0v) is 25.5. The van der Waals surface area contributed by atoms with Gasteiger partial charge in [-0.25, -0.2) is 0 Å². The summed E-state index contributed by atoms with van der Waals surface area (Å²) in [6.07, 6.45) is 9.10. The second-order valence-corrected chi connectivity index (χ2v) is 16.1. The van der Waals surface area contributed by atoms with Crippen LogP contribution in [0.3, 0.4) is 0 Å². The van der Waals surface area contributed by atoms with Crippen LogP contribution in [-0.2, 0) is 19.1 Å². The van der Waals surface area contributed by atoms with Gasteiger partial charge in [0.25, 0.3) is 0 Å². The molecule has 2 unspecified atom stereocenters. The van der Waals surface area contributed by atoms with Crippen molar-refractivity contribution < 1.29 is 24.2 Å². The largest absolute Gasteiger partial charge is 0.436 e. The number of amides is 1. The van der Waals surface area contributed by atoms with Crippen LogP contribution in [0.15, 0.2) is 11.6 Å². The van der Waals surface area contributed by atoms with Gasteiger partial charge in [-0.3, -0.25) is 14.4 Å². The molecule has 0 heterocycles. The number of hydrogen-bond donors (Lipinski definition) is 2. The van der Waals surface area contributed by atoms with Crippen LogP contribution in [0.4, 0.5) is 0 Å². The van der Waals surface area contributed by atoms with Crippen molar-refractivity contribution in [3.05, 3.63) is 11.6 Å². The predicted octanol–water partition coefficient (Wildman–Crippen LogP) is 5.95. The fourth-order valence-electron chi connectivity index (χ4n) is 11.2. The maximum absolute atomic E-state index is 14.5. The third-order valence-electron chi connectivity index (χ3n) is 13.9. The van der Waals surface area contributed by atoms with Crippen molar-refractivity contribution in [1.82, 2.24) is 0 Å². The molecule has 0 bridgehead atoms. The van der Waals surface area contributed by atoms with E-state index in [1.807, 2.05) is 13.0 Å². The second-order valence-electron chi connectivity index (χ2n) is 16.1. The van der Waals surface area contributed by atoms with Crippen LogP contribution < -0.4 is 5.73 Å². The highest BCUT2D eigenvalue weighted by molar-refractivity contribution is 5.95. The molecule has 0 radical (unpaired) electrons. The lowest BCUT2D eigenvalue weighted by molar-refractivity contribution is -0.227. The summed E-state index contributed by atoms with van der Waals surface area (Å²) in [4.78, 5) is 38.6. The Morgan fingerprint density at radius 3 is 2.23 bits per heavy atom. The summed E-state index contributed by atoms with van der Waals surface area (Å²) < 4.78 is 5.27. The molecular formula is C33H51NO5. The third-order valence-corrected chi connectivity index (χ3v) is 13.9. The molecule has 6 nitrogen and oxygen atoms in total. The summed E-state index contributed by atoms with van der Waals surface area (Å²) in [5.41, 5.74) is 5.99. The molecule has 6 heteroatoms. The average Bonchev–Trinajstić information content (AvgIpc) is 2.80. The van der Waals surface area contributed by atoms with Crippen LogP contribution >= 0.6 is 0 Å². The summed E-state index contributed by atoms with van der Waals surface area (Å²) in [6, 6.07) is 0. The first kappa shape index (κ1) is 28.8. The van der Waals surface area contributed by atoms with Crippen LogP contribution in [0.25, 0.3) is 0 Å². The normalized spacial score (nSPS) is 49.4. The maximum atomic E-state index is 14.5. The molecule has 1 amide bonds. The first-order valence-electron chi connectivity index (χ1n) is 15.3. The summed E-state index contributed by atoms with van der Waals surface area (Å²) >= 11 is 0. The molecule has 218 valence electrons. The Labute approximate surface area is 234 Å². The van der Waals surface area contributed by atoms with Crippen molar-refractivity contribution in [2.45, 2.75) is 119 Å². The number of hydrogen-bond acceptors (Lipinski definition) is 5. The van der Waals surface area contributed by atoms with Gasteiger partial charge >= 0.3 is 5.97 Å². The van der Waals surface area contributed by atoms with Gasteiger partial charge in [0.2, 0.25) is 12.2 Å². The molecule has 0 aromatic carbocycles. The standard InChI is InChI=1S/C33H51NO5/c1-19(35)39-26(37)20-9-11-31(6)24(28(20,2)3)10-12-33(8)25(31)23(36)17-21-22-18-30(5,27(34)38)14-13-29(22,4)15-16-32(21,33)7/h17,20,22,24-26,37H,9-16,18H2,1-8H3,(H2,34,38)/t20-,22+,24?,25-,26?,29-,30+,31+,32-,33-/m1/s1. The van der Waals surface area contributed by atoms with Gasteiger partial charge in [-0.2, -0.15) is 0 Å². The van der Waals surface area contributed by atoms with Crippen LogP contribution in [0.5, 0.6) is 0 Å². The molecule has 4 saturated carbocycles. The highest BCUT2D eigenvalue weighted by atomic mass is 16.6. The fraction of sp³-hybridized carbons (Fsp3) is 0.848. The van der Waals surface area contributed by atoms with Crippen molar-refractivity contribution in [3.8, 4) is 0 Å². The maximum Gasteiger partial charge on any atom is 0.304 e. The molecule has 0 saturated heterocycles. The third kappa shape index (κ3) is 3.78. The Kier molecular flexibility index (Phi) is 6.40. The Bertz CT molecular complexity index is 1130. The Morgan fingerprint density at radius 1 is 0.974 bits per heavy atom. The van der Waals surface area contributed by atoms with Gasteiger partial charge in [0.05, 0.1) is 0 Å². The quantitative estimate of drug-likeness (QED) is 0.339. The van der Waals surface area contributed by atoms with Crippen molar-refractivity contribution in [1.29, 1.82) is 0 Å². The predicted molar refractivity (Wildman–Crippen MR) is 150 cm³/mol. The number of aliphatic hydroxyl groups is 1. The molecular weight excluding hydrogens is 490 g/mol. The second kappa shape index (κ2) is 8.66. The van der Waals surface area contributed by atoms with E-state index in [-0.39, 0.29) is 62.4 Å². The lowest BCUT2D eigenvalue weighted by Gasteiger charge is -2.70. The Balaban J connectivity index is 1.55. The van der Waals surface area contributed by atoms with E-state index in [2.05, 4.69) is 41.5 Å². The number of rotatable bonds is 3. The minimum Gasteiger partial charge on any atom is -0.436 e. The minimum absolute atomic E-state index is 0.0950. The lowest BCUT2D eigenvalue weighted by atomic mass is 9.33. The molecule has 5 aliphatic rings. The molecule has 5 rings (SSSR count). The van der Waals surface area contributed by atoms with Crippen molar-refractivity contribution in [2.24, 2.45) is 61.9 Å². The van der Waals surface area contributed by atoms with Crippen LogP contribution in [-0.4, -0.2) is 29.1 Å². The Morgan fingerprint density at radius 2 is 1.62 bits per heavy atom. The van der Waals surface area contributed by atoms with E-state index in [1.165, 1.54) is 12.5 Å². The van der Waals surface area contributed by atoms with Crippen LogP contribution in [0.1, 0.15) is 113 Å². The topological polar surface area (TPSA) is 107 Å². The van der Waals surface area contributed by atoms with Gasteiger partial charge in [-0.15, -0.1) is 0 Å². The van der Waals surface area contributed by atoms with Crippen LogP contribution in [0, 0.1) is 56.2 Å². The lowest BCUT2D eigenvalue weighted by Crippen LogP contribution is -2.66.